The summed E-state index contributed by atoms with van der Waals surface area (Å²) in [5.74, 6) is 0. The molecule has 0 aromatic heterocycles. The molecule has 0 amide bonds. The van der Waals surface area contributed by atoms with Gasteiger partial charge in [-0.2, -0.15) is 13.9 Å². The Morgan fingerprint density at radius 1 is 1.35 bits per heavy atom. The minimum Gasteiger partial charge on any atom is -0.261 e. The molecule has 0 spiro atoms. The van der Waals surface area contributed by atoms with Crippen molar-refractivity contribution in [1.29, 1.82) is 0 Å². The largest absolute Gasteiger partial charge is 0.261 e. The van der Waals surface area contributed by atoms with E-state index >= 15 is 0 Å². The normalized spacial score (nSPS) is 20.5. The molecule has 2 rings (SSSR count). The fourth-order valence-corrected chi connectivity index (χ4v) is 6.65. The summed E-state index contributed by atoms with van der Waals surface area (Å²) in [5.41, 5.74) is 1.20. The van der Waals surface area contributed by atoms with Crippen LogP contribution in [0.1, 0.15) is 13.8 Å². The summed E-state index contributed by atoms with van der Waals surface area (Å²) in [6, 6.07) is 10.4. The zero-order chi connectivity index (χ0) is 12.1. The maximum Gasteiger partial charge on any atom is 0.221 e. The molecule has 1 atom stereocenters. The van der Waals surface area contributed by atoms with E-state index in [-0.39, 0.29) is 0 Å². The van der Waals surface area contributed by atoms with Crippen molar-refractivity contribution in [2.45, 2.75) is 19.1 Å². The first-order valence-electron chi connectivity index (χ1n) is 5.15. The molecule has 1 aliphatic rings. The molecule has 1 unspecified atom stereocenters. The molecule has 0 saturated heterocycles. The minimum atomic E-state index is -0.691. The van der Waals surface area contributed by atoms with Gasteiger partial charge < -0.3 is 0 Å². The summed E-state index contributed by atoms with van der Waals surface area (Å²) in [4.78, 5) is 3.32. The molecule has 90 valence electrons. The smallest absolute Gasteiger partial charge is 0.221 e. The van der Waals surface area contributed by atoms with Gasteiger partial charge in [-0.3, -0.25) is 4.08 Å². The van der Waals surface area contributed by atoms with Gasteiger partial charge in [-0.05, 0) is 24.1 Å². The van der Waals surface area contributed by atoms with Crippen molar-refractivity contribution in [3.05, 3.63) is 30.3 Å². The van der Waals surface area contributed by atoms with Gasteiger partial charge in [-0.15, -0.1) is 0 Å². The predicted molar refractivity (Wildman–Crippen MR) is 80.4 cm³/mol. The zero-order valence-corrected chi connectivity index (χ0v) is 13.1. The summed E-state index contributed by atoms with van der Waals surface area (Å²) in [6.45, 7) is 4.39. The summed E-state index contributed by atoms with van der Waals surface area (Å²) < 4.78 is 10.9. The maximum atomic E-state index is 4.52. The summed E-state index contributed by atoms with van der Waals surface area (Å²) >= 11 is 1.81. The molecule has 0 aliphatic carbocycles. The van der Waals surface area contributed by atoms with E-state index in [4.69, 9.17) is 0 Å². The van der Waals surface area contributed by atoms with E-state index in [1.165, 1.54) is 5.69 Å². The van der Waals surface area contributed by atoms with Gasteiger partial charge in [0.1, 0.15) is 8.52 Å². The first kappa shape index (κ1) is 13.4. The van der Waals surface area contributed by atoms with Crippen LogP contribution in [0, 0.1) is 0 Å². The van der Waals surface area contributed by atoms with E-state index < -0.39 is 8.37 Å². The number of hydrogen-bond acceptors (Lipinski definition) is 5. The van der Waals surface area contributed by atoms with Crippen molar-refractivity contribution in [2.24, 2.45) is 9.03 Å². The van der Waals surface area contributed by atoms with Crippen molar-refractivity contribution >= 4 is 43.1 Å². The Hall–Kier alpha value is -0.0400. The number of benzene rings is 1. The maximum absolute atomic E-state index is 4.52. The molecule has 4 nitrogen and oxygen atoms in total. The predicted octanol–water partition coefficient (Wildman–Crippen LogP) is 5.47. The third-order valence-corrected chi connectivity index (χ3v) is 6.71. The van der Waals surface area contributed by atoms with Crippen LogP contribution in [0.4, 0.5) is 5.69 Å². The fraction of sp³-hybridized carbons (Fsp3) is 0.333. The Morgan fingerprint density at radius 3 is 2.71 bits per heavy atom. The van der Waals surface area contributed by atoms with Gasteiger partial charge in [0.25, 0.3) is 0 Å². The average molecular weight is 302 g/mol. The quantitative estimate of drug-likeness (QED) is 0.592. The lowest BCUT2D eigenvalue weighted by Crippen LogP contribution is -2.14. The Labute approximate surface area is 111 Å². The molecule has 0 fully saturated rings. The summed E-state index contributed by atoms with van der Waals surface area (Å²) in [7, 11) is 1.07. The third kappa shape index (κ3) is 3.98. The second kappa shape index (κ2) is 6.78. The number of rotatable bonds is 4. The van der Waals surface area contributed by atoms with Crippen LogP contribution in [-0.4, -0.2) is 5.25 Å². The number of anilines is 1. The summed E-state index contributed by atoms with van der Waals surface area (Å²) in [5, 5.41) is 0.530. The van der Waals surface area contributed by atoms with Gasteiger partial charge in [0.2, 0.25) is 8.37 Å². The van der Waals surface area contributed by atoms with Crippen molar-refractivity contribution < 1.29 is 0 Å². The molecule has 0 saturated carbocycles. The van der Waals surface area contributed by atoms with Gasteiger partial charge in [0, 0.05) is 5.25 Å². The van der Waals surface area contributed by atoms with Crippen molar-refractivity contribution in [2.75, 3.05) is 4.08 Å². The number of nitrogens with zero attached hydrogens (tertiary/aromatic N) is 3. The van der Waals surface area contributed by atoms with Crippen LogP contribution in [0.15, 0.2) is 39.4 Å². The van der Waals surface area contributed by atoms with Gasteiger partial charge >= 0.3 is 0 Å². The number of para-hydroxylation sites is 1. The molecule has 1 aliphatic heterocycles. The highest BCUT2D eigenvalue weighted by Gasteiger charge is 2.21. The fourth-order valence-electron chi connectivity index (χ4n) is 1.20. The van der Waals surface area contributed by atoms with E-state index in [1.54, 1.807) is 0 Å². The molecule has 8 heteroatoms. The van der Waals surface area contributed by atoms with E-state index in [2.05, 4.69) is 56.1 Å². The van der Waals surface area contributed by atoms with Crippen LogP contribution >= 0.6 is 37.4 Å². The Morgan fingerprint density at radius 2 is 2.12 bits per heavy atom. The van der Waals surface area contributed by atoms with E-state index in [9.17, 15) is 0 Å². The molecular weight excluding hydrogens is 289 g/mol. The SMILES string of the molecule is CC(C)SN(c1ccccc1)P1N=PN=PN1. The van der Waals surface area contributed by atoms with E-state index in [1.807, 2.05) is 18.0 Å². The van der Waals surface area contributed by atoms with Crippen LogP contribution in [0.2, 0.25) is 0 Å². The molecule has 1 N–H and O–H groups in total. The van der Waals surface area contributed by atoms with Crippen molar-refractivity contribution in [3.8, 4) is 0 Å². The lowest BCUT2D eigenvalue weighted by molar-refractivity contribution is 1.11. The van der Waals surface area contributed by atoms with Crippen LogP contribution < -0.4 is 8.93 Å². The van der Waals surface area contributed by atoms with Crippen molar-refractivity contribution in [1.82, 2.24) is 4.86 Å². The molecule has 0 bridgehead atoms. The minimum absolute atomic E-state index is 0.530. The van der Waals surface area contributed by atoms with Gasteiger partial charge in [-0.25, -0.2) is 0 Å². The highest BCUT2D eigenvalue weighted by molar-refractivity contribution is 8.07. The molecule has 1 aromatic rings. The van der Waals surface area contributed by atoms with E-state index in [0.717, 1.165) is 17.0 Å². The Balaban J connectivity index is 2.19. The lowest BCUT2D eigenvalue weighted by atomic mass is 10.3. The van der Waals surface area contributed by atoms with Crippen LogP contribution in [-0.2, 0) is 0 Å². The first-order valence-corrected chi connectivity index (χ1v) is 8.89. The number of nitrogens with one attached hydrogen (secondary N) is 1. The van der Waals surface area contributed by atoms with Gasteiger partial charge in [0.05, 0.1) is 5.69 Å². The van der Waals surface area contributed by atoms with Crippen LogP contribution in [0.3, 0.4) is 0 Å². The van der Waals surface area contributed by atoms with Gasteiger partial charge in [0.15, 0.2) is 8.52 Å². The molecule has 0 radical (unpaired) electrons. The molecular formula is C9H13N4P3S. The van der Waals surface area contributed by atoms with Crippen LogP contribution in [0.25, 0.3) is 0 Å². The van der Waals surface area contributed by atoms with Gasteiger partial charge in [-0.1, -0.05) is 32.0 Å². The van der Waals surface area contributed by atoms with Crippen molar-refractivity contribution in [3.63, 3.8) is 0 Å². The molecule has 17 heavy (non-hydrogen) atoms. The lowest BCUT2D eigenvalue weighted by Gasteiger charge is -2.29. The molecule has 1 heterocycles. The number of hydrogen-bond donors (Lipinski definition) is 1. The second-order valence-electron chi connectivity index (χ2n) is 3.52. The Bertz CT molecular complexity index is 412. The topological polar surface area (TPSA) is 40.0 Å². The average Bonchev–Trinajstić information content (AvgIpc) is 2.38. The van der Waals surface area contributed by atoms with E-state index in [0.29, 0.717) is 5.25 Å². The highest BCUT2D eigenvalue weighted by atomic mass is 32.2. The highest BCUT2D eigenvalue weighted by Crippen LogP contribution is 2.52. The Kier molecular flexibility index (Phi) is 5.34. The third-order valence-electron chi connectivity index (χ3n) is 1.80. The standard InChI is InChI=1S/C9H13N4P3S/c1-8(2)17-13(9-6-4-3-5-7-9)16-11-14-10-15-12-16/h3-8H,1-2H3,(H,10,11,12). The zero-order valence-electron chi connectivity index (χ0n) is 9.56. The first-order chi connectivity index (χ1) is 8.27. The van der Waals surface area contributed by atoms with Crippen LogP contribution in [0.5, 0.6) is 0 Å². The second-order valence-corrected chi connectivity index (χ2v) is 8.90. The monoisotopic (exact) mass is 302 g/mol. The molecule has 1 aromatic carbocycles. The summed E-state index contributed by atoms with van der Waals surface area (Å²) in [6.07, 6.45) is 0.